The molecule has 0 radical (unpaired) electrons. The number of benzene rings is 2. The van der Waals surface area contributed by atoms with E-state index in [1.54, 1.807) is 0 Å². The summed E-state index contributed by atoms with van der Waals surface area (Å²) in [4.78, 5) is 0. The fourth-order valence-corrected chi connectivity index (χ4v) is 3.19. The summed E-state index contributed by atoms with van der Waals surface area (Å²) < 4.78 is 0. The van der Waals surface area contributed by atoms with Crippen molar-refractivity contribution in [1.29, 1.82) is 0 Å². The van der Waals surface area contributed by atoms with Crippen molar-refractivity contribution in [3.8, 4) is 11.1 Å². The highest BCUT2D eigenvalue weighted by Gasteiger charge is 2.42. The van der Waals surface area contributed by atoms with Gasteiger partial charge in [-0.2, -0.15) is 0 Å². The molecule has 102 valence electrons. The Kier molecular flexibility index (Phi) is 3.20. The van der Waals surface area contributed by atoms with Gasteiger partial charge < -0.3 is 10.2 Å². The van der Waals surface area contributed by atoms with E-state index in [0.717, 1.165) is 34.2 Å². The van der Waals surface area contributed by atoms with Crippen LogP contribution in [0.2, 0.25) is 0 Å². The van der Waals surface area contributed by atoms with Gasteiger partial charge in [0.15, 0.2) is 0 Å². The number of aliphatic hydroxyl groups is 2. The predicted octanol–water partition coefficient (Wildman–Crippen LogP) is 2.67. The highest BCUT2D eigenvalue weighted by Crippen LogP contribution is 2.48. The molecule has 0 saturated heterocycles. The molecule has 0 aliphatic heterocycles. The second kappa shape index (κ2) is 4.89. The fourth-order valence-electron chi connectivity index (χ4n) is 3.19. The maximum absolute atomic E-state index is 9.95. The number of fused-ring (bicyclic) bond motifs is 3. The van der Waals surface area contributed by atoms with Gasteiger partial charge in [-0.1, -0.05) is 48.5 Å². The molecule has 0 bridgehead atoms. The van der Waals surface area contributed by atoms with Crippen LogP contribution in [0.3, 0.4) is 0 Å². The minimum Gasteiger partial charge on any atom is -0.395 e. The highest BCUT2D eigenvalue weighted by molar-refractivity contribution is 5.81. The van der Waals surface area contributed by atoms with Gasteiger partial charge in [0.1, 0.15) is 0 Å². The highest BCUT2D eigenvalue weighted by atomic mass is 16.3. The van der Waals surface area contributed by atoms with E-state index in [9.17, 15) is 10.2 Å². The normalized spacial score (nSPS) is 14.7. The van der Waals surface area contributed by atoms with Crippen molar-refractivity contribution >= 4 is 0 Å². The molecule has 2 aromatic rings. The van der Waals surface area contributed by atoms with Crippen LogP contribution in [-0.4, -0.2) is 23.4 Å². The van der Waals surface area contributed by atoms with Crippen LogP contribution in [0.5, 0.6) is 0 Å². The summed E-state index contributed by atoms with van der Waals surface area (Å²) in [6.45, 7) is 3.58. The van der Waals surface area contributed by atoms with Crippen molar-refractivity contribution < 1.29 is 10.2 Å². The smallest absolute Gasteiger partial charge is 0.0676 e. The van der Waals surface area contributed by atoms with E-state index in [-0.39, 0.29) is 13.2 Å². The van der Waals surface area contributed by atoms with Gasteiger partial charge in [-0.3, -0.25) is 0 Å². The SMILES string of the molecule is C=CCc1ccc2c(c1)C(CO)(CO)c1ccccc1-2. The van der Waals surface area contributed by atoms with E-state index in [4.69, 9.17) is 0 Å². The van der Waals surface area contributed by atoms with Crippen LogP contribution >= 0.6 is 0 Å². The van der Waals surface area contributed by atoms with Crippen molar-refractivity contribution in [2.75, 3.05) is 13.2 Å². The van der Waals surface area contributed by atoms with E-state index >= 15 is 0 Å². The molecule has 2 heteroatoms. The van der Waals surface area contributed by atoms with E-state index in [0.29, 0.717) is 0 Å². The third-order valence-electron chi connectivity index (χ3n) is 4.25. The Morgan fingerprint density at radius 1 is 0.950 bits per heavy atom. The monoisotopic (exact) mass is 266 g/mol. The Balaban J connectivity index is 2.28. The summed E-state index contributed by atoms with van der Waals surface area (Å²) >= 11 is 0. The lowest BCUT2D eigenvalue weighted by Crippen LogP contribution is -2.34. The summed E-state index contributed by atoms with van der Waals surface area (Å²) in [5.74, 6) is 0. The maximum atomic E-state index is 9.95. The Morgan fingerprint density at radius 2 is 1.65 bits per heavy atom. The van der Waals surface area contributed by atoms with Crippen LogP contribution in [0.15, 0.2) is 55.1 Å². The summed E-state index contributed by atoms with van der Waals surface area (Å²) in [5, 5.41) is 19.9. The molecule has 2 aromatic carbocycles. The first kappa shape index (κ1) is 13.1. The minimum absolute atomic E-state index is 0.0922. The van der Waals surface area contributed by atoms with Crippen LogP contribution in [0.25, 0.3) is 11.1 Å². The van der Waals surface area contributed by atoms with E-state index in [1.165, 1.54) is 0 Å². The molecule has 0 amide bonds. The number of aliphatic hydroxyl groups excluding tert-OH is 2. The van der Waals surface area contributed by atoms with Gasteiger partial charge in [0, 0.05) is 0 Å². The minimum atomic E-state index is -0.691. The third kappa shape index (κ3) is 1.65. The maximum Gasteiger partial charge on any atom is 0.0676 e. The Bertz CT molecular complexity index is 654. The van der Waals surface area contributed by atoms with Crippen LogP contribution in [0.4, 0.5) is 0 Å². The number of rotatable bonds is 4. The average molecular weight is 266 g/mol. The molecule has 2 N–H and O–H groups in total. The predicted molar refractivity (Wildman–Crippen MR) is 80.7 cm³/mol. The first-order chi connectivity index (χ1) is 9.76. The summed E-state index contributed by atoms with van der Waals surface area (Å²) in [7, 11) is 0. The Hall–Kier alpha value is -1.90. The molecule has 3 rings (SSSR count). The molecule has 0 heterocycles. The topological polar surface area (TPSA) is 40.5 Å². The van der Waals surface area contributed by atoms with Gasteiger partial charge in [-0.25, -0.2) is 0 Å². The van der Waals surface area contributed by atoms with Gasteiger partial charge in [0.05, 0.1) is 18.6 Å². The van der Waals surface area contributed by atoms with Crippen molar-refractivity contribution in [3.63, 3.8) is 0 Å². The Labute approximate surface area is 119 Å². The molecular weight excluding hydrogens is 248 g/mol. The first-order valence-corrected chi connectivity index (χ1v) is 6.82. The van der Waals surface area contributed by atoms with Crippen LogP contribution in [0, 0.1) is 0 Å². The third-order valence-corrected chi connectivity index (χ3v) is 4.25. The van der Waals surface area contributed by atoms with Gasteiger partial charge >= 0.3 is 0 Å². The molecule has 0 unspecified atom stereocenters. The van der Waals surface area contributed by atoms with E-state index in [1.807, 2.05) is 24.3 Å². The molecule has 1 aliphatic carbocycles. The van der Waals surface area contributed by atoms with Gasteiger partial charge in [0.25, 0.3) is 0 Å². The van der Waals surface area contributed by atoms with Crippen LogP contribution in [-0.2, 0) is 11.8 Å². The first-order valence-electron chi connectivity index (χ1n) is 6.82. The molecular formula is C18H18O2. The Morgan fingerprint density at radius 3 is 2.35 bits per heavy atom. The molecule has 0 aromatic heterocycles. The quantitative estimate of drug-likeness (QED) is 0.835. The van der Waals surface area contributed by atoms with Crippen molar-refractivity contribution in [1.82, 2.24) is 0 Å². The van der Waals surface area contributed by atoms with Gasteiger partial charge in [-0.15, -0.1) is 6.58 Å². The molecule has 20 heavy (non-hydrogen) atoms. The van der Waals surface area contributed by atoms with Crippen LogP contribution in [0.1, 0.15) is 16.7 Å². The second-order valence-corrected chi connectivity index (χ2v) is 5.32. The lowest BCUT2D eigenvalue weighted by atomic mass is 9.79. The van der Waals surface area contributed by atoms with Crippen molar-refractivity contribution in [2.45, 2.75) is 11.8 Å². The summed E-state index contributed by atoms with van der Waals surface area (Å²) in [6, 6.07) is 14.2. The molecule has 0 spiro atoms. The summed E-state index contributed by atoms with van der Waals surface area (Å²) in [5.41, 5.74) is 4.70. The zero-order valence-corrected chi connectivity index (χ0v) is 11.3. The average Bonchev–Trinajstić information content (AvgIpc) is 2.78. The summed E-state index contributed by atoms with van der Waals surface area (Å²) in [6.07, 6.45) is 2.65. The number of allylic oxidation sites excluding steroid dienone is 1. The number of hydrogen-bond donors (Lipinski definition) is 2. The molecule has 1 aliphatic rings. The second-order valence-electron chi connectivity index (χ2n) is 5.32. The zero-order valence-electron chi connectivity index (χ0n) is 11.3. The fraction of sp³-hybridized carbons (Fsp3) is 0.222. The van der Waals surface area contributed by atoms with E-state index in [2.05, 4.69) is 30.8 Å². The van der Waals surface area contributed by atoms with Crippen molar-refractivity contribution in [3.05, 3.63) is 71.8 Å². The zero-order chi connectivity index (χ0) is 14.2. The van der Waals surface area contributed by atoms with Gasteiger partial charge in [0.2, 0.25) is 0 Å². The molecule has 2 nitrogen and oxygen atoms in total. The van der Waals surface area contributed by atoms with Gasteiger partial charge in [-0.05, 0) is 34.2 Å². The number of hydrogen-bond acceptors (Lipinski definition) is 2. The standard InChI is InChI=1S/C18H18O2/c1-2-5-13-8-9-15-14-6-3-4-7-16(14)18(11-19,12-20)17(15)10-13/h2-4,6-10,19-20H,1,5,11-12H2. The molecule has 0 atom stereocenters. The van der Waals surface area contributed by atoms with Crippen molar-refractivity contribution in [2.24, 2.45) is 0 Å². The lowest BCUT2D eigenvalue weighted by Gasteiger charge is -2.27. The largest absolute Gasteiger partial charge is 0.395 e. The molecule has 0 saturated carbocycles. The lowest BCUT2D eigenvalue weighted by molar-refractivity contribution is 0.146. The van der Waals surface area contributed by atoms with Crippen LogP contribution < -0.4 is 0 Å². The molecule has 0 fully saturated rings. The van der Waals surface area contributed by atoms with E-state index < -0.39 is 5.41 Å².